The second-order valence-electron chi connectivity index (χ2n) is 5.38. The lowest BCUT2D eigenvalue weighted by Crippen LogP contribution is -2.27. The van der Waals surface area contributed by atoms with E-state index in [2.05, 4.69) is 39.1 Å². The number of nitrogens with one attached hydrogen (secondary N) is 1. The fraction of sp³-hybridized carbons (Fsp3) is 0.857. The van der Waals surface area contributed by atoms with Crippen LogP contribution in [0.2, 0.25) is 0 Å². The van der Waals surface area contributed by atoms with Crippen molar-refractivity contribution >= 4 is 0 Å². The van der Waals surface area contributed by atoms with Gasteiger partial charge in [0.05, 0.1) is 0 Å². The van der Waals surface area contributed by atoms with E-state index in [9.17, 15) is 0 Å². The van der Waals surface area contributed by atoms with Crippen LogP contribution < -0.4 is 5.32 Å². The summed E-state index contributed by atoms with van der Waals surface area (Å²) in [6.45, 7) is 11.9. The van der Waals surface area contributed by atoms with Gasteiger partial charge in [0, 0.05) is 25.8 Å². The van der Waals surface area contributed by atoms with E-state index in [4.69, 9.17) is 4.74 Å². The first-order chi connectivity index (χ1) is 7.59. The Labute approximate surface area is 100 Å². The van der Waals surface area contributed by atoms with Crippen molar-refractivity contribution in [1.82, 2.24) is 5.32 Å². The Kier molecular flexibility index (Phi) is 6.07. The molecular formula is C14H27NO. The first-order valence-electron chi connectivity index (χ1n) is 6.61. The molecule has 0 unspecified atom stereocenters. The van der Waals surface area contributed by atoms with Gasteiger partial charge in [0.2, 0.25) is 0 Å². The van der Waals surface area contributed by atoms with E-state index in [-0.39, 0.29) is 0 Å². The molecule has 0 saturated carbocycles. The highest BCUT2D eigenvalue weighted by atomic mass is 16.5. The zero-order chi connectivity index (χ0) is 12.0. The van der Waals surface area contributed by atoms with Gasteiger partial charge in [0.15, 0.2) is 0 Å². The van der Waals surface area contributed by atoms with Gasteiger partial charge in [-0.05, 0) is 24.7 Å². The Bertz CT molecular complexity index is 215. The van der Waals surface area contributed by atoms with E-state index in [1.54, 1.807) is 5.57 Å². The molecular weight excluding hydrogens is 198 g/mol. The average molecular weight is 225 g/mol. The molecule has 0 atom stereocenters. The maximum atomic E-state index is 5.40. The molecule has 16 heavy (non-hydrogen) atoms. The van der Waals surface area contributed by atoms with Gasteiger partial charge in [-0.15, -0.1) is 0 Å². The Morgan fingerprint density at radius 2 is 1.88 bits per heavy atom. The molecule has 0 radical (unpaired) electrons. The quantitative estimate of drug-likeness (QED) is 0.726. The second kappa shape index (κ2) is 7.08. The van der Waals surface area contributed by atoms with Gasteiger partial charge in [0.1, 0.15) is 0 Å². The number of ether oxygens (including phenoxy) is 1. The van der Waals surface area contributed by atoms with Crippen LogP contribution in [-0.2, 0) is 4.74 Å². The van der Waals surface area contributed by atoms with Gasteiger partial charge in [0.25, 0.3) is 0 Å². The minimum Gasteiger partial charge on any atom is -0.381 e. The lowest BCUT2D eigenvalue weighted by atomic mass is 9.93. The van der Waals surface area contributed by atoms with Crippen LogP contribution in [0.1, 0.15) is 40.5 Å². The SMILES string of the molecule is CC(C)NCC(=CC1CCOCC1)C(C)C. The minimum absolute atomic E-state index is 0.567. The molecule has 0 amide bonds. The van der Waals surface area contributed by atoms with Crippen LogP contribution in [0.5, 0.6) is 0 Å². The largest absolute Gasteiger partial charge is 0.381 e. The van der Waals surface area contributed by atoms with Crippen LogP contribution in [-0.4, -0.2) is 25.8 Å². The lowest BCUT2D eigenvalue weighted by molar-refractivity contribution is 0.0782. The van der Waals surface area contributed by atoms with Gasteiger partial charge < -0.3 is 10.1 Å². The molecule has 1 saturated heterocycles. The summed E-state index contributed by atoms with van der Waals surface area (Å²) >= 11 is 0. The summed E-state index contributed by atoms with van der Waals surface area (Å²) in [5.74, 6) is 1.38. The predicted octanol–water partition coefficient (Wildman–Crippen LogP) is 2.99. The molecule has 1 aliphatic heterocycles. The molecule has 1 fully saturated rings. The van der Waals surface area contributed by atoms with Crippen molar-refractivity contribution in [3.05, 3.63) is 11.6 Å². The minimum atomic E-state index is 0.567. The lowest BCUT2D eigenvalue weighted by Gasteiger charge is -2.22. The van der Waals surface area contributed by atoms with Gasteiger partial charge in [-0.2, -0.15) is 0 Å². The molecule has 0 bridgehead atoms. The van der Waals surface area contributed by atoms with E-state index in [1.165, 1.54) is 12.8 Å². The molecule has 0 aromatic heterocycles. The van der Waals surface area contributed by atoms with E-state index >= 15 is 0 Å². The highest BCUT2D eigenvalue weighted by Gasteiger charge is 2.13. The van der Waals surface area contributed by atoms with Crippen LogP contribution in [0.25, 0.3) is 0 Å². The van der Waals surface area contributed by atoms with Gasteiger partial charge >= 0.3 is 0 Å². The molecule has 2 heteroatoms. The van der Waals surface area contributed by atoms with Crippen molar-refractivity contribution in [1.29, 1.82) is 0 Å². The van der Waals surface area contributed by atoms with Crippen molar-refractivity contribution in [3.63, 3.8) is 0 Å². The molecule has 1 rings (SSSR count). The summed E-state index contributed by atoms with van der Waals surface area (Å²) < 4.78 is 5.40. The fourth-order valence-corrected chi connectivity index (χ4v) is 1.96. The Morgan fingerprint density at radius 1 is 1.25 bits per heavy atom. The van der Waals surface area contributed by atoms with E-state index in [0.29, 0.717) is 12.0 Å². The third-order valence-electron chi connectivity index (χ3n) is 3.17. The third-order valence-corrected chi connectivity index (χ3v) is 3.17. The molecule has 0 aliphatic carbocycles. The smallest absolute Gasteiger partial charge is 0.0471 e. The summed E-state index contributed by atoms with van der Waals surface area (Å²) in [7, 11) is 0. The normalized spacial score (nSPS) is 19.8. The summed E-state index contributed by atoms with van der Waals surface area (Å²) in [6.07, 6.45) is 4.87. The van der Waals surface area contributed by atoms with Crippen molar-refractivity contribution < 1.29 is 4.74 Å². The van der Waals surface area contributed by atoms with Crippen LogP contribution in [0.15, 0.2) is 11.6 Å². The molecule has 1 N–H and O–H groups in total. The van der Waals surface area contributed by atoms with E-state index in [1.807, 2.05) is 0 Å². The highest BCUT2D eigenvalue weighted by molar-refractivity contribution is 5.09. The molecule has 1 aliphatic rings. The summed E-state index contributed by atoms with van der Waals surface area (Å²) in [5.41, 5.74) is 1.56. The monoisotopic (exact) mass is 225 g/mol. The van der Waals surface area contributed by atoms with Crippen LogP contribution in [0.4, 0.5) is 0 Å². The van der Waals surface area contributed by atoms with E-state index in [0.717, 1.165) is 25.7 Å². The van der Waals surface area contributed by atoms with Crippen LogP contribution >= 0.6 is 0 Å². The van der Waals surface area contributed by atoms with Crippen LogP contribution in [0, 0.1) is 11.8 Å². The van der Waals surface area contributed by atoms with Crippen molar-refractivity contribution in [3.8, 4) is 0 Å². The maximum Gasteiger partial charge on any atom is 0.0471 e. The topological polar surface area (TPSA) is 21.3 Å². The Balaban J connectivity index is 2.49. The van der Waals surface area contributed by atoms with Gasteiger partial charge in [-0.25, -0.2) is 0 Å². The average Bonchev–Trinajstić information content (AvgIpc) is 2.25. The highest BCUT2D eigenvalue weighted by Crippen LogP contribution is 2.20. The van der Waals surface area contributed by atoms with Crippen molar-refractivity contribution in [2.24, 2.45) is 11.8 Å². The van der Waals surface area contributed by atoms with Crippen LogP contribution in [0.3, 0.4) is 0 Å². The molecule has 0 aromatic rings. The first-order valence-corrected chi connectivity index (χ1v) is 6.61. The zero-order valence-corrected chi connectivity index (χ0v) is 11.3. The molecule has 94 valence electrons. The zero-order valence-electron chi connectivity index (χ0n) is 11.3. The van der Waals surface area contributed by atoms with Crippen molar-refractivity contribution in [2.75, 3.05) is 19.8 Å². The number of allylic oxidation sites excluding steroid dienone is 1. The summed E-state index contributed by atoms with van der Waals surface area (Å²) in [6, 6.07) is 0.567. The fourth-order valence-electron chi connectivity index (χ4n) is 1.96. The number of rotatable bonds is 5. The third kappa shape index (κ3) is 5.13. The standard InChI is InChI=1S/C14H27NO/c1-11(2)14(10-15-12(3)4)9-13-5-7-16-8-6-13/h9,11-13,15H,5-8,10H2,1-4H3. The maximum absolute atomic E-state index is 5.40. The molecule has 0 spiro atoms. The predicted molar refractivity (Wildman–Crippen MR) is 69.6 cm³/mol. The Morgan fingerprint density at radius 3 is 2.38 bits per heavy atom. The van der Waals surface area contributed by atoms with Gasteiger partial charge in [-0.1, -0.05) is 39.3 Å². The number of hydrogen-bond acceptors (Lipinski definition) is 2. The summed E-state index contributed by atoms with van der Waals surface area (Å²) in [4.78, 5) is 0. The second-order valence-corrected chi connectivity index (χ2v) is 5.38. The summed E-state index contributed by atoms with van der Waals surface area (Å²) in [5, 5.41) is 3.52. The number of hydrogen-bond donors (Lipinski definition) is 1. The molecule has 0 aromatic carbocycles. The Hall–Kier alpha value is -0.340. The molecule has 1 heterocycles. The van der Waals surface area contributed by atoms with E-state index < -0.39 is 0 Å². The van der Waals surface area contributed by atoms with Crippen molar-refractivity contribution in [2.45, 2.75) is 46.6 Å². The molecule has 2 nitrogen and oxygen atoms in total. The first kappa shape index (κ1) is 13.7. The van der Waals surface area contributed by atoms with Gasteiger partial charge in [-0.3, -0.25) is 0 Å².